The molecule has 1 N–H and O–H groups in total. The van der Waals surface area contributed by atoms with Crippen molar-refractivity contribution in [2.45, 2.75) is 0 Å². The fourth-order valence-corrected chi connectivity index (χ4v) is 2.20. The van der Waals surface area contributed by atoms with Crippen molar-refractivity contribution in [1.82, 2.24) is 15.0 Å². The Balaban J connectivity index is 1.72. The zero-order valence-electron chi connectivity index (χ0n) is 10.6. The maximum absolute atomic E-state index is 5.73. The molecule has 0 saturated heterocycles. The van der Waals surface area contributed by atoms with E-state index in [1.54, 1.807) is 6.20 Å². The van der Waals surface area contributed by atoms with Gasteiger partial charge in [0.25, 0.3) is 0 Å². The third-order valence-corrected chi connectivity index (χ3v) is 3.20. The number of benzene rings is 2. The lowest BCUT2D eigenvalue weighted by Gasteiger charge is -2.04. The molecule has 2 aromatic heterocycles. The fourth-order valence-electron chi connectivity index (χ4n) is 2.20. The number of nitrogens with zero attached hydrogens (tertiary/aromatic N) is 2. The molecule has 0 aliphatic carbocycles. The highest BCUT2D eigenvalue weighted by atomic mass is 16.5. The van der Waals surface area contributed by atoms with Gasteiger partial charge in [-0.25, -0.2) is 4.98 Å². The Labute approximate surface area is 115 Å². The van der Waals surface area contributed by atoms with Gasteiger partial charge in [-0.1, -0.05) is 18.2 Å². The minimum absolute atomic E-state index is 0.360. The molecule has 20 heavy (non-hydrogen) atoms. The summed E-state index contributed by atoms with van der Waals surface area (Å²) in [6, 6.07) is 16.0. The minimum Gasteiger partial charge on any atom is -0.424 e. The molecule has 0 radical (unpaired) electrons. The molecule has 0 amide bonds. The van der Waals surface area contributed by atoms with E-state index in [0.717, 1.165) is 27.6 Å². The van der Waals surface area contributed by atoms with Gasteiger partial charge >= 0.3 is 6.01 Å². The molecule has 0 atom stereocenters. The molecule has 4 rings (SSSR count). The predicted octanol–water partition coefficient (Wildman–Crippen LogP) is 3.90. The van der Waals surface area contributed by atoms with Crippen LogP contribution in [0.2, 0.25) is 0 Å². The number of nitrogens with one attached hydrogen (secondary N) is 1. The molecule has 0 saturated carbocycles. The van der Waals surface area contributed by atoms with E-state index < -0.39 is 0 Å². The first kappa shape index (κ1) is 11.0. The largest absolute Gasteiger partial charge is 0.424 e. The van der Waals surface area contributed by atoms with E-state index in [1.807, 2.05) is 54.7 Å². The fraction of sp³-hybridized carbons (Fsp3) is 0. The summed E-state index contributed by atoms with van der Waals surface area (Å²) >= 11 is 0. The SMILES string of the molecule is c1ccc2nc(Oc3ccc4[nH]ccc4c3)ncc2c1. The highest BCUT2D eigenvalue weighted by Crippen LogP contribution is 2.24. The third-order valence-electron chi connectivity index (χ3n) is 3.20. The zero-order chi connectivity index (χ0) is 13.4. The van der Waals surface area contributed by atoms with Crippen LogP contribution in [0.25, 0.3) is 21.8 Å². The van der Waals surface area contributed by atoms with Gasteiger partial charge in [0.15, 0.2) is 0 Å². The van der Waals surface area contributed by atoms with Crippen molar-refractivity contribution in [2.24, 2.45) is 0 Å². The van der Waals surface area contributed by atoms with E-state index in [-0.39, 0.29) is 0 Å². The Morgan fingerprint density at radius 2 is 1.90 bits per heavy atom. The van der Waals surface area contributed by atoms with Crippen molar-refractivity contribution in [3.63, 3.8) is 0 Å². The molecule has 2 heterocycles. The van der Waals surface area contributed by atoms with Crippen molar-refractivity contribution in [1.29, 1.82) is 0 Å². The molecule has 0 unspecified atom stereocenters. The van der Waals surface area contributed by atoms with Gasteiger partial charge in [-0.15, -0.1) is 0 Å². The molecule has 0 aliphatic rings. The van der Waals surface area contributed by atoms with E-state index in [0.29, 0.717) is 6.01 Å². The normalized spacial score (nSPS) is 11.0. The number of fused-ring (bicyclic) bond motifs is 2. The van der Waals surface area contributed by atoms with Crippen LogP contribution in [-0.2, 0) is 0 Å². The summed E-state index contributed by atoms with van der Waals surface area (Å²) in [6.45, 7) is 0. The van der Waals surface area contributed by atoms with Crippen molar-refractivity contribution in [2.75, 3.05) is 0 Å². The van der Waals surface area contributed by atoms with Crippen LogP contribution in [0, 0.1) is 0 Å². The average molecular weight is 261 g/mol. The Bertz CT molecular complexity index is 898. The molecule has 4 heteroatoms. The summed E-state index contributed by atoms with van der Waals surface area (Å²) in [4.78, 5) is 11.8. The number of H-pyrrole nitrogens is 1. The van der Waals surface area contributed by atoms with E-state index in [1.165, 1.54) is 0 Å². The first-order valence-corrected chi connectivity index (χ1v) is 6.35. The molecule has 4 nitrogen and oxygen atoms in total. The number of rotatable bonds is 2. The minimum atomic E-state index is 0.360. The second-order valence-electron chi connectivity index (χ2n) is 4.54. The van der Waals surface area contributed by atoms with Gasteiger partial charge in [0.2, 0.25) is 0 Å². The van der Waals surface area contributed by atoms with Crippen LogP contribution in [-0.4, -0.2) is 15.0 Å². The lowest BCUT2D eigenvalue weighted by atomic mass is 10.2. The Morgan fingerprint density at radius 1 is 0.950 bits per heavy atom. The van der Waals surface area contributed by atoms with Crippen LogP contribution < -0.4 is 4.74 Å². The maximum atomic E-state index is 5.73. The van der Waals surface area contributed by atoms with E-state index in [2.05, 4.69) is 15.0 Å². The topological polar surface area (TPSA) is 50.8 Å². The number of para-hydroxylation sites is 1. The van der Waals surface area contributed by atoms with Crippen LogP contribution in [0.1, 0.15) is 0 Å². The molecule has 0 spiro atoms. The summed E-state index contributed by atoms with van der Waals surface area (Å²) in [7, 11) is 0. The van der Waals surface area contributed by atoms with Crippen molar-refractivity contribution >= 4 is 21.8 Å². The van der Waals surface area contributed by atoms with Gasteiger partial charge in [-0.05, 0) is 30.3 Å². The second-order valence-corrected chi connectivity index (χ2v) is 4.54. The summed E-state index contributed by atoms with van der Waals surface area (Å²) in [5.41, 5.74) is 1.96. The molecule has 0 bridgehead atoms. The van der Waals surface area contributed by atoms with E-state index in [9.17, 15) is 0 Å². The highest BCUT2D eigenvalue weighted by molar-refractivity contribution is 5.81. The number of hydrogen-bond donors (Lipinski definition) is 1. The highest BCUT2D eigenvalue weighted by Gasteiger charge is 2.03. The average Bonchev–Trinajstić information content (AvgIpc) is 2.95. The standard InChI is InChI=1S/C16H11N3O/c1-2-4-15-12(3-1)10-18-16(19-15)20-13-5-6-14-11(9-13)7-8-17-14/h1-10,17H. The summed E-state index contributed by atoms with van der Waals surface area (Å²) in [5, 5.41) is 2.10. The van der Waals surface area contributed by atoms with E-state index in [4.69, 9.17) is 4.74 Å². The van der Waals surface area contributed by atoms with Gasteiger partial charge < -0.3 is 9.72 Å². The van der Waals surface area contributed by atoms with Gasteiger partial charge in [-0.3, -0.25) is 0 Å². The smallest absolute Gasteiger partial charge is 0.322 e. The Morgan fingerprint density at radius 3 is 2.90 bits per heavy atom. The lowest BCUT2D eigenvalue weighted by molar-refractivity contribution is 0.445. The molecule has 2 aromatic carbocycles. The predicted molar refractivity (Wildman–Crippen MR) is 77.9 cm³/mol. The van der Waals surface area contributed by atoms with Crippen molar-refractivity contribution < 1.29 is 4.74 Å². The Hall–Kier alpha value is -2.88. The van der Waals surface area contributed by atoms with Crippen LogP contribution in [0.4, 0.5) is 0 Å². The Kier molecular flexibility index (Phi) is 2.39. The molecular weight excluding hydrogens is 250 g/mol. The van der Waals surface area contributed by atoms with Gasteiger partial charge in [0.05, 0.1) is 5.52 Å². The molecule has 96 valence electrons. The van der Waals surface area contributed by atoms with Crippen LogP contribution in [0.3, 0.4) is 0 Å². The molecule has 0 aliphatic heterocycles. The zero-order valence-corrected chi connectivity index (χ0v) is 10.6. The summed E-state index contributed by atoms with van der Waals surface area (Å²) < 4.78 is 5.73. The first-order valence-electron chi connectivity index (χ1n) is 6.35. The van der Waals surface area contributed by atoms with Gasteiger partial charge in [-0.2, -0.15) is 4.98 Å². The molecule has 0 fully saturated rings. The number of hydrogen-bond acceptors (Lipinski definition) is 3. The van der Waals surface area contributed by atoms with Crippen molar-refractivity contribution in [3.05, 3.63) is 60.9 Å². The maximum Gasteiger partial charge on any atom is 0.322 e. The molecular formula is C16H11N3O. The third kappa shape index (κ3) is 1.87. The second kappa shape index (κ2) is 4.35. The lowest BCUT2D eigenvalue weighted by Crippen LogP contribution is -1.91. The van der Waals surface area contributed by atoms with E-state index >= 15 is 0 Å². The number of aromatic amines is 1. The first-order chi connectivity index (χ1) is 9.88. The van der Waals surface area contributed by atoms with Crippen LogP contribution in [0.15, 0.2) is 60.9 Å². The van der Waals surface area contributed by atoms with Crippen molar-refractivity contribution in [3.8, 4) is 11.8 Å². The number of aromatic nitrogens is 3. The van der Waals surface area contributed by atoms with Gasteiger partial charge in [0.1, 0.15) is 5.75 Å². The molecule has 4 aromatic rings. The van der Waals surface area contributed by atoms with Crippen LogP contribution in [0.5, 0.6) is 11.8 Å². The summed E-state index contributed by atoms with van der Waals surface area (Å²) in [6.07, 6.45) is 3.67. The monoisotopic (exact) mass is 261 g/mol. The summed E-state index contributed by atoms with van der Waals surface area (Å²) in [5.74, 6) is 0.729. The van der Waals surface area contributed by atoms with Crippen LogP contribution >= 0.6 is 0 Å². The quantitative estimate of drug-likeness (QED) is 0.595. The van der Waals surface area contributed by atoms with Gasteiger partial charge in [0, 0.05) is 28.7 Å². The number of ether oxygens (including phenoxy) is 1.